The normalized spacial score (nSPS) is 12.6. The molecule has 0 fully saturated rings. The van der Waals surface area contributed by atoms with E-state index in [0.717, 1.165) is 5.16 Å². The van der Waals surface area contributed by atoms with Crippen molar-refractivity contribution < 1.29 is 0 Å². The van der Waals surface area contributed by atoms with Crippen molar-refractivity contribution in [2.75, 3.05) is 6.54 Å². The fraction of sp³-hybridized carbons (Fsp3) is 0.182. The summed E-state index contributed by atoms with van der Waals surface area (Å²) in [5, 5.41) is 1.17. The van der Waals surface area contributed by atoms with Crippen LogP contribution < -0.4 is 5.73 Å². The lowest BCUT2D eigenvalue weighted by atomic mass is 10.1. The smallest absolute Gasteiger partial charge is 0.165 e. The second-order valence-electron chi connectivity index (χ2n) is 3.15. The predicted molar refractivity (Wildman–Crippen MR) is 62.7 cm³/mol. The number of nitrogens with zero attached hydrogens (tertiary/aromatic N) is 1. The molecule has 1 aromatic carbocycles. The summed E-state index contributed by atoms with van der Waals surface area (Å²) in [6.07, 6.45) is 3.57. The number of thioether (sulfide) groups is 1. The Labute approximate surface area is 93.1 Å². The van der Waals surface area contributed by atoms with Crippen LogP contribution in [0.4, 0.5) is 0 Å². The van der Waals surface area contributed by atoms with Gasteiger partial charge >= 0.3 is 0 Å². The standard InChI is InChI=1S/C11H13N3S/c12-8-10(9-4-2-1-3-5-9)15-11-13-6-7-14-11/h1-7,10H,8,12H2,(H,13,14). The first-order valence-corrected chi connectivity index (χ1v) is 5.69. The molecule has 3 N–H and O–H groups in total. The number of benzene rings is 1. The monoisotopic (exact) mass is 219 g/mol. The minimum absolute atomic E-state index is 0.261. The van der Waals surface area contributed by atoms with Crippen LogP contribution in [0.3, 0.4) is 0 Å². The summed E-state index contributed by atoms with van der Waals surface area (Å²) < 4.78 is 0. The van der Waals surface area contributed by atoms with Crippen molar-refractivity contribution in [1.82, 2.24) is 9.97 Å². The zero-order chi connectivity index (χ0) is 10.5. The lowest BCUT2D eigenvalue weighted by Gasteiger charge is -2.12. The second kappa shape index (κ2) is 5.00. The van der Waals surface area contributed by atoms with E-state index < -0.39 is 0 Å². The number of nitrogens with one attached hydrogen (secondary N) is 1. The quantitative estimate of drug-likeness (QED) is 0.775. The molecule has 1 unspecified atom stereocenters. The Bertz CT molecular complexity index is 385. The number of aromatic amines is 1. The summed E-state index contributed by atoms with van der Waals surface area (Å²) in [4.78, 5) is 7.25. The van der Waals surface area contributed by atoms with E-state index in [9.17, 15) is 0 Å². The fourth-order valence-electron chi connectivity index (χ4n) is 1.37. The molecule has 15 heavy (non-hydrogen) atoms. The molecule has 2 rings (SSSR count). The first-order chi connectivity index (χ1) is 7.40. The highest BCUT2D eigenvalue weighted by Gasteiger charge is 2.11. The van der Waals surface area contributed by atoms with Crippen molar-refractivity contribution in [3.8, 4) is 0 Å². The summed E-state index contributed by atoms with van der Waals surface area (Å²) in [5.74, 6) is 0. The minimum atomic E-state index is 0.261. The van der Waals surface area contributed by atoms with E-state index in [4.69, 9.17) is 5.73 Å². The first kappa shape index (κ1) is 10.3. The van der Waals surface area contributed by atoms with Gasteiger partial charge < -0.3 is 10.7 Å². The Hall–Kier alpha value is -1.26. The first-order valence-electron chi connectivity index (χ1n) is 4.81. The van der Waals surface area contributed by atoms with E-state index in [1.165, 1.54) is 5.56 Å². The lowest BCUT2D eigenvalue weighted by molar-refractivity contribution is 0.927. The molecular weight excluding hydrogens is 206 g/mol. The number of hydrogen-bond donors (Lipinski definition) is 2. The summed E-state index contributed by atoms with van der Waals surface area (Å²) in [6.45, 7) is 0.607. The third-order valence-electron chi connectivity index (χ3n) is 2.11. The van der Waals surface area contributed by atoms with E-state index in [-0.39, 0.29) is 5.25 Å². The lowest BCUT2D eigenvalue weighted by Crippen LogP contribution is -2.09. The maximum atomic E-state index is 5.76. The van der Waals surface area contributed by atoms with Crippen LogP contribution >= 0.6 is 11.8 Å². The summed E-state index contributed by atoms with van der Waals surface area (Å²) in [5.41, 5.74) is 7.00. The third kappa shape index (κ3) is 2.61. The van der Waals surface area contributed by atoms with Crippen molar-refractivity contribution in [2.45, 2.75) is 10.4 Å². The van der Waals surface area contributed by atoms with Gasteiger partial charge in [-0.05, 0) is 5.56 Å². The van der Waals surface area contributed by atoms with Crippen molar-refractivity contribution in [3.05, 3.63) is 48.3 Å². The maximum absolute atomic E-state index is 5.76. The minimum Gasteiger partial charge on any atom is -0.340 e. The molecule has 0 saturated heterocycles. The Morgan fingerprint density at radius 2 is 2.13 bits per heavy atom. The number of hydrogen-bond acceptors (Lipinski definition) is 3. The Balaban J connectivity index is 2.12. The van der Waals surface area contributed by atoms with Crippen LogP contribution in [0.2, 0.25) is 0 Å². The highest BCUT2D eigenvalue weighted by atomic mass is 32.2. The molecular formula is C11H13N3S. The molecule has 0 spiro atoms. The predicted octanol–water partition coefficient (Wildman–Crippen LogP) is 2.20. The van der Waals surface area contributed by atoms with Crippen LogP contribution in [-0.4, -0.2) is 16.5 Å². The molecule has 78 valence electrons. The largest absolute Gasteiger partial charge is 0.340 e. The van der Waals surface area contributed by atoms with E-state index in [0.29, 0.717) is 6.54 Å². The number of rotatable bonds is 4. The average Bonchev–Trinajstić information content (AvgIpc) is 2.80. The zero-order valence-corrected chi connectivity index (χ0v) is 9.08. The van der Waals surface area contributed by atoms with Gasteiger partial charge in [0.1, 0.15) is 0 Å². The van der Waals surface area contributed by atoms with E-state index in [2.05, 4.69) is 22.1 Å². The molecule has 0 amide bonds. The van der Waals surface area contributed by atoms with Gasteiger partial charge in [-0.2, -0.15) is 0 Å². The van der Waals surface area contributed by atoms with Crippen LogP contribution in [-0.2, 0) is 0 Å². The summed E-state index contributed by atoms with van der Waals surface area (Å²) >= 11 is 1.66. The zero-order valence-electron chi connectivity index (χ0n) is 8.26. The molecule has 1 atom stereocenters. The fourth-order valence-corrected chi connectivity index (χ4v) is 2.29. The van der Waals surface area contributed by atoms with Gasteiger partial charge in [0.2, 0.25) is 0 Å². The molecule has 0 bridgehead atoms. The molecule has 3 nitrogen and oxygen atoms in total. The van der Waals surface area contributed by atoms with Crippen molar-refractivity contribution in [1.29, 1.82) is 0 Å². The van der Waals surface area contributed by atoms with E-state index in [1.807, 2.05) is 24.4 Å². The van der Waals surface area contributed by atoms with Crippen LogP contribution in [0.5, 0.6) is 0 Å². The average molecular weight is 219 g/mol. The summed E-state index contributed by atoms with van der Waals surface area (Å²) in [7, 11) is 0. The number of H-pyrrole nitrogens is 1. The molecule has 1 aromatic heterocycles. The van der Waals surface area contributed by atoms with Gasteiger partial charge in [0.05, 0.1) is 0 Å². The SMILES string of the molecule is NCC(Sc1ncc[nH]1)c1ccccc1. The van der Waals surface area contributed by atoms with Crippen LogP contribution in [0.25, 0.3) is 0 Å². The third-order valence-corrected chi connectivity index (χ3v) is 3.31. The van der Waals surface area contributed by atoms with Crippen molar-refractivity contribution >= 4 is 11.8 Å². The molecule has 4 heteroatoms. The van der Waals surface area contributed by atoms with Crippen molar-refractivity contribution in [2.24, 2.45) is 5.73 Å². The van der Waals surface area contributed by atoms with Gasteiger partial charge in [0.25, 0.3) is 0 Å². The van der Waals surface area contributed by atoms with Gasteiger partial charge in [-0.1, -0.05) is 42.1 Å². The maximum Gasteiger partial charge on any atom is 0.165 e. The molecule has 0 saturated carbocycles. The number of nitrogens with two attached hydrogens (primary N) is 1. The van der Waals surface area contributed by atoms with Gasteiger partial charge in [-0.3, -0.25) is 0 Å². The second-order valence-corrected chi connectivity index (χ2v) is 4.34. The molecule has 2 aromatic rings. The van der Waals surface area contributed by atoms with Crippen molar-refractivity contribution in [3.63, 3.8) is 0 Å². The Kier molecular flexibility index (Phi) is 3.42. The van der Waals surface area contributed by atoms with E-state index >= 15 is 0 Å². The molecule has 0 radical (unpaired) electrons. The van der Waals surface area contributed by atoms with E-state index in [1.54, 1.807) is 18.0 Å². The number of aromatic nitrogens is 2. The highest BCUT2D eigenvalue weighted by molar-refractivity contribution is 7.99. The molecule has 1 heterocycles. The summed E-state index contributed by atoms with van der Waals surface area (Å²) in [6, 6.07) is 10.2. The molecule has 0 aliphatic carbocycles. The van der Waals surface area contributed by atoms with Crippen LogP contribution in [0.1, 0.15) is 10.8 Å². The van der Waals surface area contributed by atoms with Gasteiger partial charge in [-0.25, -0.2) is 4.98 Å². The van der Waals surface area contributed by atoms with Gasteiger partial charge in [-0.15, -0.1) is 0 Å². The Morgan fingerprint density at radius 3 is 2.73 bits per heavy atom. The van der Waals surface area contributed by atoms with Gasteiger partial charge in [0.15, 0.2) is 5.16 Å². The van der Waals surface area contributed by atoms with Crippen LogP contribution in [0.15, 0.2) is 47.9 Å². The Morgan fingerprint density at radius 1 is 1.33 bits per heavy atom. The molecule has 0 aliphatic heterocycles. The topological polar surface area (TPSA) is 54.7 Å². The molecule has 0 aliphatic rings. The van der Waals surface area contributed by atoms with Crippen LogP contribution in [0, 0.1) is 0 Å². The number of imidazole rings is 1. The van der Waals surface area contributed by atoms with Gasteiger partial charge in [0, 0.05) is 24.2 Å². The highest BCUT2D eigenvalue weighted by Crippen LogP contribution is 2.31.